The molecule has 1 heterocycles. The summed E-state index contributed by atoms with van der Waals surface area (Å²) in [4.78, 5) is 0. The Morgan fingerprint density at radius 1 is 1.27 bits per heavy atom. The molecule has 0 spiro atoms. The monoisotopic (exact) mass is 229 g/mol. The smallest absolute Gasteiger partial charge is 0.118 e. The Morgan fingerprint density at radius 3 is 2.53 bits per heavy atom. The number of halogens is 1. The van der Waals surface area contributed by atoms with Crippen molar-refractivity contribution < 1.29 is 10.2 Å². The highest BCUT2D eigenvalue weighted by Crippen LogP contribution is 2.30. The third-order valence-electron chi connectivity index (χ3n) is 2.85. The van der Waals surface area contributed by atoms with Crippen LogP contribution >= 0.6 is 12.4 Å². The lowest BCUT2D eigenvalue weighted by molar-refractivity contribution is -0.0976. The van der Waals surface area contributed by atoms with Gasteiger partial charge >= 0.3 is 0 Å². The molecule has 1 aliphatic rings. The van der Waals surface area contributed by atoms with Crippen molar-refractivity contribution in [3.63, 3.8) is 0 Å². The van der Waals surface area contributed by atoms with Gasteiger partial charge < -0.3 is 15.5 Å². The summed E-state index contributed by atoms with van der Waals surface area (Å²) < 4.78 is 0. The Morgan fingerprint density at radius 2 is 1.93 bits per heavy atom. The molecule has 0 amide bonds. The molecule has 0 aromatic heterocycles. The number of hydrogen-bond donors (Lipinski definition) is 3. The van der Waals surface area contributed by atoms with Crippen molar-refractivity contribution >= 4 is 12.4 Å². The van der Waals surface area contributed by atoms with Gasteiger partial charge in [-0.25, -0.2) is 0 Å². The standard InChI is InChI=1S/C11H15NO2.ClH/c13-10-8-12-7-6-11(10,14)9-4-2-1-3-5-9;/h1-5,10,12-14H,6-8H2;1H/t10-,11-;/m1./s1. The maximum Gasteiger partial charge on any atom is 0.118 e. The topological polar surface area (TPSA) is 52.5 Å². The van der Waals surface area contributed by atoms with Crippen LogP contribution in [0.15, 0.2) is 30.3 Å². The minimum Gasteiger partial charge on any atom is -0.388 e. The Balaban J connectivity index is 0.00000112. The fraction of sp³-hybridized carbons (Fsp3) is 0.455. The van der Waals surface area contributed by atoms with E-state index in [4.69, 9.17) is 0 Å². The van der Waals surface area contributed by atoms with Gasteiger partial charge in [0.1, 0.15) is 5.60 Å². The van der Waals surface area contributed by atoms with Crippen LogP contribution in [0.1, 0.15) is 12.0 Å². The van der Waals surface area contributed by atoms with Crippen LogP contribution in [0.3, 0.4) is 0 Å². The summed E-state index contributed by atoms with van der Waals surface area (Å²) in [6, 6.07) is 9.37. The number of aliphatic hydroxyl groups excluding tert-OH is 1. The van der Waals surface area contributed by atoms with Crippen LogP contribution in [-0.4, -0.2) is 29.4 Å². The molecule has 0 unspecified atom stereocenters. The fourth-order valence-electron chi connectivity index (χ4n) is 1.92. The van der Waals surface area contributed by atoms with E-state index < -0.39 is 11.7 Å². The van der Waals surface area contributed by atoms with E-state index >= 15 is 0 Å². The molecule has 3 nitrogen and oxygen atoms in total. The van der Waals surface area contributed by atoms with E-state index in [2.05, 4.69) is 5.32 Å². The summed E-state index contributed by atoms with van der Waals surface area (Å²) in [7, 11) is 0. The zero-order chi connectivity index (χ0) is 10.0. The molecule has 3 N–H and O–H groups in total. The fourth-order valence-corrected chi connectivity index (χ4v) is 1.92. The molecule has 4 heteroatoms. The quantitative estimate of drug-likeness (QED) is 0.663. The van der Waals surface area contributed by atoms with Gasteiger partial charge in [0.05, 0.1) is 6.10 Å². The summed E-state index contributed by atoms with van der Waals surface area (Å²) >= 11 is 0. The van der Waals surface area contributed by atoms with Gasteiger partial charge in [0, 0.05) is 6.54 Å². The summed E-state index contributed by atoms with van der Waals surface area (Å²) in [6.45, 7) is 1.19. The Labute approximate surface area is 95.5 Å². The molecule has 15 heavy (non-hydrogen) atoms. The number of rotatable bonds is 1. The van der Waals surface area contributed by atoms with Gasteiger partial charge in [-0.2, -0.15) is 0 Å². The SMILES string of the molecule is Cl.O[C@@H]1CNCC[C@@]1(O)c1ccccc1. The molecule has 84 valence electrons. The molecule has 0 bridgehead atoms. The van der Waals surface area contributed by atoms with Crippen molar-refractivity contribution in [3.05, 3.63) is 35.9 Å². The van der Waals surface area contributed by atoms with Crippen molar-refractivity contribution in [3.8, 4) is 0 Å². The lowest BCUT2D eigenvalue weighted by Crippen LogP contribution is -2.51. The van der Waals surface area contributed by atoms with Crippen LogP contribution in [0.4, 0.5) is 0 Å². The van der Waals surface area contributed by atoms with Gasteiger partial charge in [-0.3, -0.25) is 0 Å². The van der Waals surface area contributed by atoms with E-state index in [1.807, 2.05) is 30.3 Å². The molecule has 0 aliphatic carbocycles. The second-order valence-electron chi connectivity index (χ2n) is 3.76. The van der Waals surface area contributed by atoms with Crippen LogP contribution in [0.5, 0.6) is 0 Å². The number of nitrogens with one attached hydrogen (secondary N) is 1. The molecule has 2 rings (SSSR count). The average Bonchev–Trinajstić information content (AvgIpc) is 2.24. The van der Waals surface area contributed by atoms with Crippen molar-refractivity contribution in [2.75, 3.05) is 13.1 Å². The third-order valence-corrected chi connectivity index (χ3v) is 2.85. The summed E-state index contributed by atoms with van der Waals surface area (Å²) in [6.07, 6.45) is -0.170. The predicted octanol–water partition coefficient (Wildman–Crippen LogP) is 0.650. The van der Waals surface area contributed by atoms with Crippen LogP contribution < -0.4 is 5.32 Å². The largest absolute Gasteiger partial charge is 0.388 e. The first-order valence-corrected chi connectivity index (χ1v) is 4.90. The normalized spacial score (nSPS) is 30.7. The van der Waals surface area contributed by atoms with Gasteiger partial charge in [0.25, 0.3) is 0 Å². The second-order valence-corrected chi connectivity index (χ2v) is 3.76. The molecule has 1 aromatic carbocycles. The number of β-amino-alcohol motifs (C(OH)–C–C–N with tert-alkyl or cyclic N) is 1. The maximum absolute atomic E-state index is 10.3. The van der Waals surface area contributed by atoms with E-state index in [-0.39, 0.29) is 12.4 Å². The van der Waals surface area contributed by atoms with Crippen LogP contribution in [0.25, 0.3) is 0 Å². The first-order valence-electron chi connectivity index (χ1n) is 4.90. The number of benzene rings is 1. The van der Waals surface area contributed by atoms with E-state index in [9.17, 15) is 10.2 Å². The molecular formula is C11H16ClNO2. The van der Waals surface area contributed by atoms with Gasteiger partial charge in [-0.15, -0.1) is 12.4 Å². The first-order chi connectivity index (χ1) is 6.73. The molecule has 1 fully saturated rings. The molecule has 1 aromatic rings. The van der Waals surface area contributed by atoms with E-state index in [0.717, 1.165) is 12.1 Å². The van der Waals surface area contributed by atoms with Gasteiger partial charge in [0.2, 0.25) is 0 Å². The lowest BCUT2D eigenvalue weighted by Gasteiger charge is -2.37. The maximum atomic E-state index is 10.3. The number of piperidine rings is 1. The van der Waals surface area contributed by atoms with Crippen molar-refractivity contribution in [1.82, 2.24) is 5.32 Å². The predicted molar refractivity (Wildman–Crippen MR) is 61.1 cm³/mol. The van der Waals surface area contributed by atoms with Crippen LogP contribution in [0.2, 0.25) is 0 Å². The summed E-state index contributed by atoms with van der Waals surface area (Å²) in [5.74, 6) is 0. The Kier molecular flexibility index (Phi) is 4.11. The molecule has 0 radical (unpaired) electrons. The highest BCUT2D eigenvalue weighted by atomic mass is 35.5. The second kappa shape index (κ2) is 4.94. The molecule has 1 saturated heterocycles. The highest BCUT2D eigenvalue weighted by molar-refractivity contribution is 5.85. The lowest BCUT2D eigenvalue weighted by atomic mass is 9.83. The third kappa shape index (κ3) is 2.32. The van der Waals surface area contributed by atoms with Crippen molar-refractivity contribution in [1.29, 1.82) is 0 Å². The Bertz CT molecular complexity index is 307. The molecule has 1 aliphatic heterocycles. The van der Waals surface area contributed by atoms with Crippen molar-refractivity contribution in [2.24, 2.45) is 0 Å². The first kappa shape index (κ1) is 12.5. The minimum absolute atomic E-state index is 0. The summed E-state index contributed by atoms with van der Waals surface area (Å²) in [5, 5.41) is 23.1. The van der Waals surface area contributed by atoms with E-state index in [1.54, 1.807) is 0 Å². The highest BCUT2D eigenvalue weighted by Gasteiger charge is 2.39. The van der Waals surface area contributed by atoms with E-state index in [0.29, 0.717) is 13.0 Å². The zero-order valence-corrected chi connectivity index (χ0v) is 9.20. The van der Waals surface area contributed by atoms with E-state index in [1.165, 1.54) is 0 Å². The molecular weight excluding hydrogens is 214 g/mol. The molecule has 0 saturated carbocycles. The Hall–Kier alpha value is -0.610. The van der Waals surface area contributed by atoms with Crippen molar-refractivity contribution in [2.45, 2.75) is 18.1 Å². The van der Waals surface area contributed by atoms with Crippen LogP contribution in [0, 0.1) is 0 Å². The zero-order valence-electron chi connectivity index (χ0n) is 8.39. The molecule has 2 atom stereocenters. The van der Waals surface area contributed by atoms with Gasteiger partial charge in [-0.05, 0) is 18.5 Å². The van der Waals surface area contributed by atoms with Gasteiger partial charge in [-0.1, -0.05) is 30.3 Å². The minimum atomic E-state index is -1.08. The number of hydrogen-bond acceptors (Lipinski definition) is 3. The average molecular weight is 230 g/mol. The van der Waals surface area contributed by atoms with Crippen LogP contribution in [-0.2, 0) is 5.60 Å². The van der Waals surface area contributed by atoms with Gasteiger partial charge in [0.15, 0.2) is 0 Å². The summed E-state index contributed by atoms with van der Waals surface area (Å²) in [5.41, 5.74) is -0.277. The number of aliphatic hydroxyl groups is 2.